The van der Waals surface area contributed by atoms with Crippen LogP contribution >= 0.6 is 15.9 Å². The smallest absolute Gasteiger partial charge is 0.0635 e. The Morgan fingerprint density at radius 2 is 1.71 bits per heavy atom. The van der Waals surface area contributed by atoms with Crippen molar-refractivity contribution in [2.24, 2.45) is 17.3 Å². The number of rotatable bonds is 4. The molecule has 1 fully saturated rings. The van der Waals surface area contributed by atoms with E-state index in [0.717, 1.165) is 16.1 Å². The van der Waals surface area contributed by atoms with E-state index >= 15 is 0 Å². The quantitative estimate of drug-likeness (QED) is 0.791. The number of aliphatic hydroxyl groups is 1. The van der Waals surface area contributed by atoms with Crippen molar-refractivity contribution in [3.05, 3.63) is 28.7 Å². The Kier molecular flexibility index (Phi) is 5.73. The minimum Gasteiger partial charge on any atom is -0.394 e. The third-order valence-corrected chi connectivity index (χ3v) is 5.49. The third-order valence-electron chi connectivity index (χ3n) is 4.96. The first-order chi connectivity index (χ1) is 9.90. The monoisotopic (exact) mass is 353 g/mol. The van der Waals surface area contributed by atoms with Crippen LogP contribution < -0.4 is 5.32 Å². The molecule has 0 aliphatic heterocycles. The fourth-order valence-corrected chi connectivity index (χ4v) is 3.72. The van der Waals surface area contributed by atoms with Crippen molar-refractivity contribution in [1.82, 2.24) is 0 Å². The minimum absolute atomic E-state index is 0.173. The molecule has 2 rings (SSSR count). The summed E-state index contributed by atoms with van der Waals surface area (Å²) in [6.07, 6.45) is 5.01. The lowest BCUT2D eigenvalue weighted by Gasteiger charge is -2.39. The van der Waals surface area contributed by atoms with E-state index in [1.807, 2.05) is 12.1 Å². The summed E-state index contributed by atoms with van der Waals surface area (Å²) in [5, 5.41) is 13.3. The Balaban J connectivity index is 1.92. The highest BCUT2D eigenvalue weighted by Gasteiger charge is 2.32. The first-order valence-corrected chi connectivity index (χ1v) is 8.82. The molecule has 1 atom stereocenters. The molecule has 0 saturated heterocycles. The zero-order chi connectivity index (χ0) is 15.5. The number of halogens is 1. The summed E-state index contributed by atoms with van der Waals surface area (Å²) in [6, 6.07) is 8.37. The molecule has 1 unspecified atom stereocenters. The zero-order valence-corrected chi connectivity index (χ0v) is 15.0. The Hall–Kier alpha value is -0.540. The van der Waals surface area contributed by atoms with E-state index in [2.05, 4.69) is 54.2 Å². The van der Waals surface area contributed by atoms with Crippen LogP contribution in [0.5, 0.6) is 0 Å². The van der Waals surface area contributed by atoms with Crippen LogP contribution in [0.2, 0.25) is 0 Å². The maximum Gasteiger partial charge on any atom is 0.0635 e. The van der Waals surface area contributed by atoms with Crippen molar-refractivity contribution >= 4 is 21.6 Å². The molecule has 2 N–H and O–H groups in total. The standard InChI is InChI=1S/C18H28BrNO/c1-18(2,3)14-6-4-13(5-7-14)17(12-21)20-16-10-8-15(19)9-11-16/h8-11,13-14,17,20-21H,4-7,12H2,1-3H3. The van der Waals surface area contributed by atoms with Gasteiger partial charge in [0.15, 0.2) is 0 Å². The molecule has 0 bridgehead atoms. The van der Waals surface area contributed by atoms with E-state index in [1.54, 1.807) is 0 Å². The highest BCUT2D eigenvalue weighted by Crippen LogP contribution is 2.41. The van der Waals surface area contributed by atoms with Gasteiger partial charge in [-0.3, -0.25) is 0 Å². The molecule has 0 spiro atoms. The molecule has 0 aromatic heterocycles. The Morgan fingerprint density at radius 3 is 2.19 bits per heavy atom. The fourth-order valence-electron chi connectivity index (χ4n) is 3.46. The Morgan fingerprint density at radius 1 is 1.14 bits per heavy atom. The number of hydrogen-bond acceptors (Lipinski definition) is 2. The van der Waals surface area contributed by atoms with Gasteiger partial charge in [0.1, 0.15) is 0 Å². The molecular formula is C18H28BrNO. The minimum atomic E-state index is 0.173. The predicted octanol–water partition coefficient (Wildman–Crippen LogP) is 5.07. The van der Waals surface area contributed by atoms with Gasteiger partial charge in [-0.15, -0.1) is 0 Å². The molecule has 0 amide bonds. The molecule has 0 radical (unpaired) electrons. The van der Waals surface area contributed by atoms with Gasteiger partial charge in [-0.2, -0.15) is 0 Å². The molecule has 1 saturated carbocycles. The summed E-state index contributed by atoms with van der Waals surface area (Å²) in [5.41, 5.74) is 1.51. The lowest BCUT2D eigenvalue weighted by molar-refractivity contribution is 0.127. The lowest BCUT2D eigenvalue weighted by atomic mass is 9.68. The zero-order valence-electron chi connectivity index (χ0n) is 13.4. The third kappa shape index (κ3) is 4.72. The summed E-state index contributed by atoms with van der Waals surface area (Å²) >= 11 is 3.45. The lowest BCUT2D eigenvalue weighted by Crippen LogP contribution is -2.37. The number of anilines is 1. The van der Waals surface area contributed by atoms with Gasteiger partial charge < -0.3 is 10.4 Å². The van der Waals surface area contributed by atoms with Crippen molar-refractivity contribution in [3.63, 3.8) is 0 Å². The average molecular weight is 354 g/mol. The molecule has 21 heavy (non-hydrogen) atoms. The van der Waals surface area contributed by atoms with Crippen LogP contribution in [0.3, 0.4) is 0 Å². The van der Waals surface area contributed by atoms with Crippen LogP contribution in [-0.2, 0) is 0 Å². The second-order valence-corrected chi connectivity index (χ2v) is 8.33. The van der Waals surface area contributed by atoms with Crippen molar-refractivity contribution in [2.75, 3.05) is 11.9 Å². The van der Waals surface area contributed by atoms with Crippen molar-refractivity contribution < 1.29 is 5.11 Å². The average Bonchev–Trinajstić information content (AvgIpc) is 2.46. The summed E-state index contributed by atoms with van der Waals surface area (Å²) in [5.74, 6) is 1.40. The van der Waals surface area contributed by atoms with Crippen LogP contribution in [-0.4, -0.2) is 17.8 Å². The number of hydrogen-bond donors (Lipinski definition) is 2. The second-order valence-electron chi connectivity index (χ2n) is 7.42. The van der Waals surface area contributed by atoms with Gasteiger partial charge in [-0.05, 0) is 67.2 Å². The summed E-state index contributed by atoms with van der Waals surface area (Å²) in [7, 11) is 0. The molecule has 1 aliphatic rings. The number of benzene rings is 1. The summed E-state index contributed by atoms with van der Waals surface area (Å²) in [4.78, 5) is 0. The van der Waals surface area contributed by atoms with E-state index in [1.165, 1.54) is 25.7 Å². The van der Waals surface area contributed by atoms with Crippen LogP contribution in [0, 0.1) is 17.3 Å². The van der Waals surface area contributed by atoms with Crippen molar-refractivity contribution in [2.45, 2.75) is 52.5 Å². The fraction of sp³-hybridized carbons (Fsp3) is 0.667. The van der Waals surface area contributed by atoms with Gasteiger partial charge in [-0.1, -0.05) is 36.7 Å². The topological polar surface area (TPSA) is 32.3 Å². The van der Waals surface area contributed by atoms with E-state index < -0.39 is 0 Å². The van der Waals surface area contributed by atoms with E-state index in [4.69, 9.17) is 0 Å². The SMILES string of the molecule is CC(C)(C)C1CCC(C(CO)Nc2ccc(Br)cc2)CC1. The van der Waals surface area contributed by atoms with Gasteiger partial charge >= 0.3 is 0 Å². The normalized spacial score (nSPS) is 24.6. The Labute approximate surface area is 137 Å². The maximum atomic E-state index is 9.75. The molecule has 1 aromatic carbocycles. The van der Waals surface area contributed by atoms with Gasteiger partial charge in [-0.25, -0.2) is 0 Å². The molecule has 1 aromatic rings. The molecule has 0 heterocycles. The van der Waals surface area contributed by atoms with E-state index in [0.29, 0.717) is 11.3 Å². The number of aliphatic hydroxyl groups excluding tert-OH is 1. The largest absolute Gasteiger partial charge is 0.394 e. The Bertz CT molecular complexity index is 430. The highest BCUT2D eigenvalue weighted by atomic mass is 79.9. The number of nitrogens with one attached hydrogen (secondary N) is 1. The molecule has 118 valence electrons. The highest BCUT2D eigenvalue weighted by molar-refractivity contribution is 9.10. The van der Waals surface area contributed by atoms with Crippen molar-refractivity contribution in [3.8, 4) is 0 Å². The maximum absolute atomic E-state index is 9.75. The van der Waals surface area contributed by atoms with Crippen molar-refractivity contribution in [1.29, 1.82) is 0 Å². The van der Waals surface area contributed by atoms with Gasteiger partial charge in [0.05, 0.1) is 12.6 Å². The van der Waals surface area contributed by atoms with Gasteiger partial charge in [0, 0.05) is 10.2 Å². The molecule has 1 aliphatic carbocycles. The van der Waals surface area contributed by atoms with Crippen LogP contribution in [0.25, 0.3) is 0 Å². The van der Waals surface area contributed by atoms with Gasteiger partial charge in [0.25, 0.3) is 0 Å². The first kappa shape index (κ1) is 16.8. The van der Waals surface area contributed by atoms with Gasteiger partial charge in [0.2, 0.25) is 0 Å². The van der Waals surface area contributed by atoms with E-state index in [-0.39, 0.29) is 12.6 Å². The van der Waals surface area contributed by atoms with Crippen LogP contribution in [0.1, 0.15) is 46.5 Å². The summed E-state index contributed by atoms with van der Waals surface area (Å²) in [6.45, 7) is 7.26. The molecule has 2 nitrogen and oxygen atoms in total. The van der Waals surface area contributed by atoms with Crippen LogP contribution in [0.15, 0.2) is 28.7 Å². The second kappa shape index (κ2) is 7.15. The predicted molar refractivity (Wildman–Crippen MR) is 93.5 cm³/mol. The summed E-state index contributed by atoms with van der Waals surface area (Å²) < 4.78 is 1.08. The first-order valence-electron chi connectivity index (χ1n) is 8.03. The molecule has 3 heteroatoms. The molecular weight excluding hydrogens is 326 g/mol. The van der Waals surface area contributed by atoms with E-state index in [9.17, 15) is 5.11 Å². The van der Waals surface area contributed by atoms with Crippen LogP contribution in [0.4, 0.5) is 5.69 Å².